The fraction of sp³-hybridized carbons (Fsp3) is 0.567. The molecule has 1 saturated carbocycles. The highest BCUT2D eigenvalue weighted by Gasteiger charge is 2.18. The summed E-state index contributed by atoms with van der Waals surface area (Å²) in [5.41, 5.74) is 8.57. The number of nitrogens with two attached hydrogens (primary N) is 1. The molecule has 0 bridgehead atoms. The van der Waals surface area contributed by atoms with E-state index < -0.39 is 0 Å². The molecule has 8 heteroatoms. The molecule has 1 fully saturated rings. The van der Waals surface area contributed by atoms with E-state index in [1.807, 2.05) is 12.1 Å². The van der Waals surface area contributed by atoms with Gasteiger partial charge in [-0.2, -0.15) is 10.2 Å². The van der Waals surface area contributed by atoms with Crippen molar-refractivity contribution in [1.29, 1.82) is 5.26 Å². The normalized spacial score (nSPS) is 18.5. The van der Waals surface area contributed by atoms with Crippen LogP contribution in [0.3, 0.4) is 0 Å². The van der Waals surface area contributed by atoms with Gasteiger partial charge in [-0.3, -0.25) is 0 Å². The van der Waals surface area contributed by atoms with Crippen molar-refractivity contribution in [2.24, 2.45) is 17.6 Å². The highest BCUT2D eigenvalue weighted by molar-refractivity contribution is 5.54. The number of nitrogens with zero attached hydrogens (tertiary/aromatic N) is 3. The molecule has 1 heterocycles. The Hall–Kier alpha value is -3.15. The van der Waals surface area contributed by atoms with Crippen molar-refractivity contribution in [2.75, 3.05) is 30.3 Å². The minimum atomic E-state index is 0.222. The number of aromatic nitrogens is 2. The van der Waals surface area contributed by atoms with Gasteiger partial charge in [0, 0.05) is 24.7 Å². The Bertz CT molecular complexity index is 1060. The Morgan fingerprint density at radius 1 is 1.21 bits per heavy atom. The maximum absolute atomic E-state index is 9.97. The maximum atomic E-state index is 9.97. The number of hydrogen-bond acceptors (Lipinski definition) is 8. The van der Waals surface area contributed by atoms with Gasteiger partial charge in [0.1, 0.15) is 23.2 Å². The first-order valence-corrected chi connectivity index (χ1v) is 14.1. The molecule has 0 aliphatic heterocycles. The van der Waals surface area contributed by atoms with Crippen molar-refractivity contribution in [3.05, 3.63) is 53.2 Å². The number of allylic oxidation sites excluding steroid dienone is 1. The molecule has 8 nitrogen and oxygen atoms in total. The predicted molar refractivity (Wildman–Crippen MR) is 155 cm³/mol. The Kier molecular flexibility index (Phi) is 12.3. The van der Waals surface area contributed by atoms with E-state index in [4.69, 9.17) is 5.73 Å². The third-order valence-corrected chi connectivity index (χ3v) is 7.54. The predicted octanol–water partition coefficient (Wildman–Crippen LogP) is 5.33. The monoisotopic (exact) mass is 519 g/mol. The average molecular weight is 520 g/mol. The second-order valence-electron chi connectivity index (χ2n) is 10.5. The van der Waals surface area contributed by atoms with Crippen LogP contribution in [0.25, 0.3) is 0 Å². The van der Waals surface area contributed by atoms with Gasteiger partial charge >= 0.3 is 0 Å². The van der Waals surface area contributed by atoms with Crippen LogP contribution in [0.4, 0.5) is 11.8 Å². The van der Waals surface area contributed by atoms with Gasteiger partial charge in [0.25, 0.3) is 0 Å². The highest BCUT2D eigenvalue weighted by atomic mass is 16.3. The summed E-state index contributed by atoms with van der Waals surface area (Å²) in [5, 5.41) is 29.6. The fourth-order valence-corrected chi connectivity index (χ4v) is 5.11. The molecule has 2 aromatic rings. The summed E-state index contributed by atoms with van der Waals surface area (Å²) in [6.45, 7) is 7.63. The molecule has 0 saturated heterocycles. The Balaban J connectivity index is 1.46. The zero-order chi connectivity index (χ0) is 27.2. The molecule has 0 radical (unpaired) electrons. The van der Waals surface area contributed by atoms with E-state index >= 15 is 0 Å². The van der Waals surface area contributed by atoms with Gasteiger partial charge in [-0.15, -0.1) is 0 Å². The number of rotatable bonds is 15. The number of nitrogens with one attached hydrogen (secondary N) is 3. The van der Waals surface area contributed by atoms with Crippen LogP contribution >= 0.6 is 0 Å². The number of phenolic OH excluding ortho intramolecular Hbond substituents is 1. The standard InChI is InChI=1S/C30H45N7O/c1-3-7-24(9-6-16-33-19-23-11-13-27(32)14-12-23)22(2)15-17-34-29-26(18-31)21-36-30(37-29)35-20-25-8-4-5-10-28(25)38/h4-5,8,10,15,21,23-24,27,33,38H,3,6-7,9,11-14,16-17,19-20,32H2,1-2H3,(H2,34,35,36,37)/b22-15+/t23-,24?,27+. The van der Waals surface area contributed by atoms with E-state index in [1.54, 1.807) is 12.1 Å². The summed E-state index contributed by atoms with van der Waals surface area (Å²) in [6.07, 6.45) is 13.3. The van der Waals surface area contributed by atoms with E-state index in [0.29, 0.717) is 42.4 Å². The van der Waals surface area contributed by atoms with E-state index in [9.17, 15) is 10.4 Å². The number of benzene rings is 1. The Labute approximate surface area is 228 Å². The first-order chi connectivity index (χ1) is 18.5. The molecule has 1 aliphatic rings. The van der Waals surface area contributed by atoms with Crippen molar-refractivity contribution < 1.29 is 5.11 Å². The van der Waals surface area contributed by atoms with E-state index in [2.05, 4.69) is 51.9 Å². The van der Waals surface area contributed by atoms with Gasteiger partial charge in [0.15, 0.2) is 0 Å². The van der Waals surface area contributed by atoms with Crippen molar-refractivity contribution in [3.8, 4) is 11.8 Å². The van der Waals surface area contributed by atoms with Crippen molar-refractivity contribution >= 4 is 11.8 Å². The van der Waals surface area contributed by atoms with Crippen molar-refractivity contribution in [2.45, 2.75) is 77.8 Å². The minimum absolute atomic E-state index is 0.222. The van der Waals surface area contributed by atoms with Crippen LogP contribution in [-0.4, -0.2) is 40.8 Å². The lowest BCUT2D eigenvalue weighted by Crippen LogP contribution is -2.32. The molecular formula is C30H45N7O. The first-order valence-electron chi connectivity index (χ1n) is 14.1. The molecule has 1 aliphatic carbocycles. The molecule has 206 valence electrons. The van der Waals surface area contributed by atoms with Gasteiger partial charge < -0.3 is 26.8 Å². The second-order valence-corrected chi connectivity index (χ2v) is 10.5. The van der Waals surface area contributed by atoms with Crippen molar-refractivity contribution in [3.63, 3.8) is 0 Å². The smallest absolute Gasteiger partial charge is 0.224 e. The first kappa shape index (κ1) is 29.4. The lowest BCUT2D eigenvalue weighted by Gasteiger charge is -2.26. The summed E-state index contributed by atoms with van der Waals surface area (Å²) >= 11 is 0. The number of anilines is 2. The summed E-state index contributed by atoms with van der Waals surface area (Å²) < 4.78 is 0. The highest BCUT2D eigenvalue weighted by Crippen LogP contribution is 2.24. The zero-order valence-corrected chi connectivity index (χ0v) is 23.0. The third kappa shape index (κ3) is 9.62. The number of nitriles is 1. The summed E-state index contributed by atoms with van der Waals surface area (Å²) in [5.74, 6) is 2.48. The topological polar surface area (TPSA) is 132 Å². The van der Waals surface area contributed by atoms with Crippen LogP contribution in [0.5, 0.6) is 5.75 Å². The SMILES string of the molecule is CCCC(CCCNC[C@H]1CC[C@@H](N)CC1)/C(C)=C/CNc1nc(NCc2ccccc2O)ncc1C#N. The molecule has 1 atom stereocenters. The second kappa shape index (κ2) is 16.0. The fourth-order valence-electron chi connectivity index (χ4n) is 5.11. The van der Waals surface area contributed by atoms with Crippen LogP contribution in [0.1, 0.15) is 76.3 Å². The zero-order valence-electron chi connectivity index (χ0n) is 23.0. The lowest BCUT2D eigenvalue weighted by molar-refractivity contribution is 0.313. The molecule has 0 spiro atoms. The van der Waals surface area contributed by atoms with Gasteiger partial charge in [-0.1, -0.05) is 43.2 Å². The van der Waals surface area contributed by atoms with E-state index in [1.165, 1.54) is 56.7 Å². The summed E-state index contributed by atoms with van der Waals surface area (Å²) in [4.78, 5) is 8.74. The van der Waals surface area contributed by atoms with E-state index in [-0.39, 0.29) is 5.75 Å². The van der Waals surface area contributed by atoms with Crippen LogP contribution < -0.4 is 21.7 Å². The number of aromatic hydroxyl groups is 1. The molecular weight excluding hydrogens is 474 g/mol. The van der Waals surface area contributed by atoms with Gasteiger partial charge in [-0.25, -0.2) is 4.98 Å². The number of para-hydroxylation sites is 1. The van der Waals surface area contributed by atoms with Gasteiger partial charge in [0.2, 0.25) is 5.95 Å². The lowest BCUT2D eigenvalue weighted by atomic mass is 9.86. The van der Waals surface area contributed by atoms with Gasteiger partial charge in [0.05, 0.1) is 6.20 Å². The van der Waals surface area contributed by atoms with Crippen LogP contribution in [0.2, 0.25) is 0 Å². The maximum Gasteiger partial charge on any atom is 0.224 e. The molecule has 0 amide bonds. The molecule has 3 rings (SSSR count). The molecule has 1 aromatic carbocycles. The van der Waals surface area contributed by atoms with Crippen molar-refractivity contribution in [1.82, 2.24) is 15.3 Å². The minimum Gasteiger partial charge on any atom is -0.508 e. The van der Waals surface area contributed by atoms with Crippen LogP contribution in [0.15, 0.2) is 42.1 Å². The van der Waals surface area contributed by atoms with E-state index in [0.717, 1.165) is 31.0 Å². The Morgan fingerprint density at radius 3 is 2.74 bits per heavy atom. The summed E-state index contributed by atoms with van der Waals surface area (Å²) in [6, 6.07) is 9.72. The van der Waals surface area contributed by atoms with Crippen LogP contribution in [-0.2, 0) is 6.54 Å². The molecule has 1 aromatic heterocycles. The van der Waals surface area contributed by atoms with Crippen LogP contribution in [0, 0.1) is 23.2 Å². The molecule has 38 heavy (non-hydrogen) atoms. The molecule has 1 unspecified atom stereocenters. The number of phenols is 1. The third-order valence-electron chi connectivity index (χ3n) is 7.54. The quantitative estimate of drug-likeness (QED) is 0.158. The average Bonchev–Trinajstić information content (AvgIpc) is 2.93. The molecule has 6 N–H and O–H groups in total. The summed E-state index contributed by atoms with van der Waals surface area (Å²) in [7, 11) is 0. The largest absolute Gasteiger partial charge is 0.508 e. The Morgan fingerprint density at radius 2 is 2.00 bits per heavy atom. The van der Waals surface area contributed by atoms with Gasteiger partial charge in [-0.05, 0) is 82.9 Å². The number of hydrogen-bond donors (Lipinski definition) is 5.